The lowest BCUT2D eigenvalue weighted by atomic mass is 10.1. The fourth-order valence-corrected chi connectivity index (χ4v) is 1.40. The molecule has 92 valence electrons. The second kappa shape index (κ2) is 4.69. The zero-order valence-electron chi connectivity index (χ0n) is 9.63. The van der Waals surface area contributed by atoms with Crippen LogP contribution in [0.5, 0.6) is 5.75 Å². The molecule has 0 atom stereocenters. The fourth-order valence-electron chi connectivity index (χ4n) is 1.40. The molecule has 0 spiro atoms. The molecule has 7 nitrogen and oxygen atoms in total. The van der Waals surface area contributed by atoms with Crippen LogP contribution in [0.2, 0.25) is 0 Å². The summed E-state index contributed by atoms with van der Waals surface area (Å²) >= 11 is 0. The summed E-state index contributed by atoms with van der Waals surface area (Å²) in [6.45, 7) is 0. The SMILES string of the molecule is COc1cc(N(C)C)c([N+](=O)[O-])cc1C(=O)O. The van der Waals surface area contributed by atoms with Gasteiger partial charge in [0, 0.05) is 26.2 Å². The zero-order chi connectivity index (χ0) is 13.2. The molecule has 0 saturated heterocycles. The Morgan fingerprint density at radius 2 is 2.06 bits per heavy atom. The Balaban J connectivity index is 3.53. The first-order valence-electron chi connectivity index (χ1n) is 4.65. The van der Waals surface area contributed by atoms with Crippen LogP contribution in [-0.4, -0.2) is 37.2 Å². The molecule has 0 fully saturated rings. The van der Waals surface area contributed by atoms with Gasteiger partial charge in [0.1, 0.15) is 17.0 Å². The van der Waals surface area contributed by atoms with Crippen LogP contribution in [-0.2, 0) is 0 Å². The number of methoxy groups -OCH3 is 1. The minimum Gasteiger partial charge on any atom is -0.496 e. The van der Waals surface area contributed by atoms with Gasteiger partial charge >= 0.3 is 5.97 Å². The highest BCUT2D eigenvalue weighted by molar-refractivity contribution is 5.93. The van der Waals surface area contributed by atoms with Gasteiger partial charge in [-0.3, -0.25) is 10.1 Å². The lowest BCUT2D eigenvalue weighted by molar-refractivity contribution is -0.384. The number of carbonyl (C=O) groups is 1. The molecule has 0 amide bonds. The van der Waals surface area contributed by atoms with Crippen molar-refractivity contribution in [3.05, 3.63) is 27.8 Å². The van der Waals surface area contributed by atoms with E-state index in [2.05, 4.69) is 0 Å². The maximum absolute atomic E-state index is 10.9. The molecule has 0 heterocycles. The van der Waals surface area contributed by atoms with Crippen LogP contribution in [0.15, 0.2) is 12.1 Å². The number of rotatable bonds is 4. The van der Waals surface area contributed by atoms with Crippen LogP contribution in [0.1, 0.15) is 10.4 Å². The first-order chi connectivity index (χ1) is 7.88. The Hall–Kier alpha value is -2.31. The fraction of sp³-hybridized carbons (Fsp3) is 0.300. The minimum atomic E-state index is -1.27. The molecule has 0 aliphatic carbocycles. The Bertz CT molecular complexity index is 470. The number of carboxylic acids is 1. The Morgan fingerprint density at radius 3 is 2.41 bits per heavy atom. The summed E-state index contributed by atoms with van der Waals surface area (Å²) in [7, 11) is 4.57. The molecule has 1 rings (SSSR count). The minimum absolute atomic E-state index is 0.0896. The summed E-state index contributed by atoms with van der Waals surface area (Å²) in [4.78, 5) is 22.7. The van der Waals surface area contributed by atoms with Crippen LogP contribution < -0.4 is 9.64 Å². The van der Waals surface area contributed by atoms with Crippen LogP contribution in [0.25, 0.3) is 0 Å². The Kier molecular flexibility index (Phi) is 3.52. The summed E-state index contributed by atoms with van der Waals surface area (Å²) in [6, 6.07) is 2.33. The van der Waals surface area contributed by atoms with Gasteiger partial charge in [0.15, 0.2) is 0 Å². The van der Waals surface area contributed by atoms with E-state index in [1.165, 1.54) is 18.1 Å². The number of ether oxygens (including phenoxy) is 1. The number of benzene rings is 1. The van der Waals surface area contributed by atoms with Crippen molar-refractivity contribution in [3.63, 3.8) is 0 Å². The van der Waals surface area contributed by atoms with E-state index < -0.39 is 10.9 Å². The van der Waals surface area contributed by atoms with Crippen LogP contribution >= 0.6 is 0 Å². The Labute approximate surface area is 97.4 Å². The second-order valence-corrected chi connectivity index (χ2v) is 3.50. The number of nitro groups is 1. The van der Waals surface area contributed by atoms with Gasteiger partial charge in [-0.1, -0.05) is 0 Å². The smallest absolute Gasteiger partial charge is 0.339 e. The van der Waals surface area contributed by atoms with Gasteiger partial charge in [-0.15, -0.1) is 0 Å². The van der Waals surface area contributed by atoms with Crippen molar-refractivity contribution < 1.29 is 19.6 Å². The molecule has 17 heavy (non-hydrogen) atoms. The maximum Gasteiger partial charge on any atom is 0.339 e. The topological polar surface area (TPSA) is 92.9 Å². The molecular formula is C10H12N2O5. The molecule has 7 heteroatoms. The summed E-state index contributed by atoms with van der Waals surface area (Å²) < 4.78 is 4.90. The van der Waals surface area contributed by atoms with E-state index in [4.69, 9.17) is 9.84 Å². The Morgan fingerprint density at radius 1 is 1.47 bits per heavy atom. The molecule has 0 unspecified atom stereocenters. The van der Waals surface area contributed by atoms with E-state index in [9.17, 15) is 14.9 Å². The summed E-state index contributed by atoms with van der Waals surface area (Å²) in [6.07, 6.45) is 0. The molecule has 1 aromatic carbocycles. The van der Waals surface area contributed by atoms with E-state index in [0.29, 0.717) is 0 Å². The number of nitrogens with zero attached hydrogens (tertiary/aromatic N) is 2. The number of nitro benzene ring substituents is 1. The third kappa shape index (κ3) is 2.44. The summed E-state index contributed by atoms with van der Waals surface area (Å²) in [5, 5.41) is 19.8. The number of anilines is 1. The van der Waals surface area contributed by atoms with Crippen molar-refractivity contribution in [2.45, 2.75) is 0 Å². The molecule has 0 aliphatic heterocycles. The number of aromatic carboxylic acids is 1. The monoisotopic (exact) mass is 240 g/mol. The van der Waals surface area contributed by atoms with Crippen molar-refractivity contribution in [2.24, 2.45) is 0 Å². The highest BCUT2D eigenvalue weighted by atomic mass is 16.6. The molecule has 0 bridgehead atoms. The third-order valence-electron chi connectivity index (χ3n) is 2.21. The van der Waals surface area contributed by atoms with E-state index in [0.717, 1.165) is 6.07 Å². The van der Waals surface area contributed by atoms with Crippen LogP contribution in [0.3, 0.4) is 0 Å². The predicted octanol–water partition coefficient (Wildman–Crippen LogP) is 1.37. The first-order valence-corrected chi connectivity index (χ1v) is 4.65. The van der Waals surface area contributed by atoms with Crippen LogP contribution in [0, 0.1) is 10.1 Å². The van der Waals surface area contributed by atoms with Crippen molar-refractivity contribution >= 4 is 17.3 Å². The van der Waals surface area contributed by atoms with Gasteiger partial charge in [0.25, 0.3) is 5.69 Å². The molecule has 1 aromatic rings. The van der Waals surface area contributed by atoms with Gasteiger partial charge in [0.05, 0.1) is 12.0 Å². The largest absolute Gasteiger partial charge is 0.496 e. The van der Waals surface area contributed by atoms with Crippen molar-refractivity contribution in [3.8, 4) is 5.75 Å². The average Bonchev–Trinajstić information content (AvgIpc) is 2.26. The van der Waals surface area contributed by atoms with E-state index in [-0.39, 0.29) is 22.7 Å². The second-order valence-electron chi connectivity index (χ2n) is 3.50. The van der Waals surface area contributed by atoms with Crippen LogP contribution in [0.4, 0.5) is 11.4 Å². The molecule has 0 aliphatic rings. The molecular weight excluding hydrogens is 228 g/mol. The quantitative estimate of drug-likeness (QED) is 0.631. The lowest BCUT2D eigenvalue weighted by Gasteiger charge is -2.15. The van der Waals surface area contributed by atoms with Crippen molar-refractivity contribution in [1.29, 1.82) is 0 Å². The van der Waals surface area contributed by atoms with E-state index in [1.54, 1.807) is 14.1 Å². The summed E-state index contributed by atoms with van der Waals surface area (Å²) in [5.74, 6) is -1.18. The number of carboxylic acid groups (broad SMARTS) is 1. The van der Waals surface area contributed by atoms with Gasteiger partial charge < -0.3 is 14.7 Å². The number of hydrogen-bond donors (Lipinski definition) is 1. The lowest BCUT2D eigenvalue weighted by Crippen LogP contribution is -2.13. The normalized spacial score (nSPS) is 9.82. The van der Waals surface area contributed by atoms with E-state index in [1.807, 2.05) is 0 Å². The first kappa shape index (κ1) is 12.8. The molecule has 0 radical (unpaired) electrons. The van der Waals surface area contributed by atoms with Gasteiger partial charge in [-0.25, -0.2) is 4.79 Å². The highest BCUT2D eigenvalue weighted by Crippen LogP contribution is 2.34. The third-order valence-corrected chi connectivity index (χ3v) is 2.21. The van der Waals surface area contributed by atoms with Gasteiger partial charge in [-0.05, 0) is 0 Å². The molecule has 0 saturated carbocycles. The predicted molar refractivity (Wildman–Crippen MR) is 60.9 cm³/mol. The zero-order valence-corrected chi connectivity index (χ0v) is 9.63. The van der Waals surface area contributed by atoms with Crippen molar-refractivity contribution in [2.75, 3.05) is 26.1 Å². The van der Waals surface area contributed by atoms with Gasteiger partial charge in [-0.2, -0.15) is 0 Å². The molecule has 1 N–H and O–H groups in total. The maximum atomic E-state index is 10.9. The van der Waals surface area contributed by atoms with Crippen molar-refractivity contribution in [1.82, 2.24) is 0 Å². The molecule has 0 aromatic heterocycles. The number of hydrogen-bond acceptors (Lipinski definition) is 5. The highest BCUT2D eigenvalue weighted by Gasteiger charge is 2.23. The van der Waals surface area contributed by atoms with E-state index >= 15 is 0 Å². The van der Waals surface area contributed by atoms with Gasteiger partial charge in [0.2, 0.25) is 0 Å². The average molecular weight is 240 g/mol. The standard InChI is InChI=1S/C10H12N2O5/c1-11(2)7-5-9(17-3)6(10(13)14)4-8(7)12(15)16/h4-5H,1-3H3,(H,13,14). The summed E-state index contributed by atoms with van der Waals surface area (Å²) in [5.41, 5.74) is -0.213.